The molecule has 3 N–H and O–H groups in total. The molecular weight excluding hydrogens is 200 g/mol. The zero-order chi connectivity index (χ0) is 11.8. The van der Waals surface area contributed by atoms with Gasteiger partial charge in [-0.15, -0.1) is 0 Å². The van der Waals surface area contributed by atoms with Crippen LogP contribution in [0.5, 0.6) is 5.75 Å². The van der Waals surface area contributed by atoms with Gasteiger partial charge in [0.15, 0.2) is 0 Å². The highest BCUT2D eigenvalue weighted by molar-refractivity contribution is 5.60. The van der Waals surface area contributed by atoms with Crippen molar-refractivity contribution in [2.75, 3.05) is 18.5 Å². The average molecular weight is 220 g/mol. The van der Waals surface area contributed by atoms with E-state index in [0.29, 0.717) is 13.2 Å². The van der Waals surface area contributed by atoms with E-state index in [1.165, 1.54) is 5.56 Å². The summed E-state index contributed by atoms with van der Waals surface area (Å²) < 4.78 is 5.65. The first-order valence-corrected chi connectivity index (χ1v) is 5.74. The molecule has 0 radical (unpaired) electrons. The summed E-state index contributed by atoms with van der Waals surface area (Å²) in [6, 6.07) is 6.55. The van der Waals surface area contributed by atoms with Crippen LogP contribution >= 0.6 is 0 Å². The topological polar surface area (TPSA) is 47.3 Å². The molecular formula is C13H20N2O. The number of ether oxygens (including phenoxy) is 1. The van der Waals surface area contributed by atoms with Crippen molar-refractivity contribution in [2.45, 2.75) is 32.2 Å². The van der Waals surface area contributed by atoms with Crippen LogP contribution in [0.25, 0.3) is 0 Å². The number of benzene rings is 1. The summed E-state index contributed by atoms with van der Waals surface area (Å²) in [5, 5.41) is 3.41. The first-order valence-electron chi connectivity index (χ1n) is 5.74. The molecule has 0 saturated carbocycles. The maximum atomic E-state index is 5.65. The number of hydrogen-bond donors (Lipinski definition) is 2. The van der Waals surface area contributed by atoms with E-state index in [-0.39, 0.29) is 11.5 Å². The predicted molar refractivity (Wildman–Crippen MR) is 67.1 cm³/mol. The summed E-state index contributed by atoms with van der Waals surface area (Å²) in [5.74, 6) is 0.928. The standard InChI is InChI=1S/C13H20N2O/c1-13(2,3)9-4-5-12-11(6-9)15-10(7-14)8-16-12/h4-6,10,15H,7-8,14H2,1-3H3. The van der Waals surface area contributed by atoms with Gasteiger partial charge in [-0.05, 0) is 23.1 Å². The molecule has 1 aromatic rings. The van der Waals surface area contributed by atoms with Crippen LogP contribution in [-0.4, -0.2) is 19.2 Å². The summed E-state index contributed by atoms with van der Waals surface area (Å²) in [4.78, 5) is 0. The van der Waals surface area contributed by atoms with Crippen LogP contribution in [0, 0.1) is 0 Å². The van der Waals surface area contributed by atoms with Gasteiger partial charge in [0.2, 0.25) is 0 Å². The van der Waals surface area contributed by atoms with E-state index in [1.54, 1.807) is 0 Å². The van der Waals surface area contributed by atoms with E-state index in [1.807, 2.05) is 6.07 Å². The van der Waals surface area contributed by atoms with Gasteiger partial charge in [-0.3, -0.25) is 0 Å². The van der Waals surface area contributed by atoms with E-state index in [9.17, 15) is 0 Å². The summed E-state index contributed by atoms with van der Waals surface area (Å²) in [6.45, 7) is 7.87. The lowest BCUT2D eigenvalue weighted by Gasteiger charge is -2.28. The minimum absolute atomic E-state index is 0.159. The quantitative estimate of drug-likeness (QED) is 0.762. The molecule has 1 atom stereocenters. The third-order valence-electron chi connectivity index (χ3n) is 2.93. The number of nitrogens with one attached hydrogen (secondary N) is 1. The number of anilines is 1. The van der Waals surface area contributed by atoms with Gasteiger partial charge in [0, 0.05) is 6.54 Å². The molecule has 0 aliphatic carbocycles. The van der Waals surface area contributed by atoms with Crippen LogP contribution < -0.4 is 15.8 Å². The highest BCUT2D eigenvalue weighted by Crippen LogP contribution is 2.33. The molecule has 3 heteroatoms. The second-order valence-corrected chi connectivity index (χ2v) is 5.35. The van der Waals surface area contributed by atoms with Crippen molar-refractivity contribution in [2.24, 2.45) is 5.73 Å². The highest BCUT2D eigenvalue weighted by atomic mass is 16.5. The highest BCUT2D eigenvalue weighted by Gasteiger charge is 2.20. The fourth-order valence-electron chi connectivity index (χ4n) is 1.81. The van der Waals surface area contributed by atoms with Gasteiger partial charge in [-0.1, -0.05) is 26.8 Å². The SMILES string of the molecule is CC(C)(C)c1ccc2c(c1)NC(CN)CO2. The average Bonchev–Trinajstić information content (AvgIpc) is 2.26. The number of hydrogen-bond acceptors (Lipinski definition) is 3. The third-order valence-corrected chi connectivity index (χ3v) is 2.93. The summed E-state index contributed by atoms with van der Waals surface area (Å²) in [5.41, 5.74) is 8.17. The van der Waals surface area contributed by atoms with E-state index >= 15 is 0 Å². The second-order valence-electron chi connectivity index (χ2n) is 5.35. The monoisotopic (exact) mass is 220 g/mol. The van der Waals surface area contributed by atoms with Gasteiger partial charge in [0.25, 0.3) is 0 Å². The molecule has 1 unspecified atom stereocenters. The Balaban J connectivity index is 2.31. The van der Waals surface area contributed by atoms with E-state index in [2.05, 4.69) is 38.2 Å². The first kappa shape index (κ1) is 11.3. The van der Waals surface area contributed by atoms with Crippen LogP contribution in [0.1, 0.15) is 26.3 Å². The Bertz CT molecular complexity index is 382. The molecule has 0 aromatic heterocycles. The lowest BCUT2D eigenvalue weighted by atomic mass is 9.86. The van der Waals surface area contributed by atoms with Crippen LogP contribution in [0.4, 0.5) is 5.69 Å². The summed E-state index contributed by atoms with van der Waals surface area (Å²) in [7, 11) is 0. The van der Waals surface area contributed by atoms with Gasteiger partial charge in [-0.25, -0.2) is 0 Å². The molecule has 1 aliphatic rings. The van der Waals surface area contributed by atoms with E-state index in [0.717, 1.165) is 11.4 Å². The molecule has 0 bridgehead atoms. The second kappa shape index (κ2) is 3.98. The van der Waals surface area contributed by atoms with Crippen molar-refractivity contribution in [3.63, 3.8) is 0 Å². The normalized spacial score (nSPS) is 19.6. The van der Waals surface area contributed by atoms with Crippen molar-refractivity contribution in [3.8, 4) is 5.75 Å². The predicted octanol–water partition coefficient (Wildman–Crippen LogP) is 2.12. The maximum absolute atomic E-state index is 5.65. The Kier molecular flexibility index (Phi) is 2.80. The molecule has 0 spiro atoms. The molecule has 2 rings (SSSR count). The Hall–Kier alpha value is -1.22. The fourth-order valence-corrected chi connectivity index (χ4v) is 1.81. The molecule has 1 aromatic carbocycles. The fraction of sp³-hybridized carbons (Fsp3) is 0.538. The van der Waals surface area contributed by atoms with Crippen LogP contribution in [0.15, 0.2) is 18.2 Å². The summed E-state index contributed by atoms with van der Waals surface area (Å²) in [6.07, 6.45) is 0. The lowest BCUT2D eigenvalue weighted by molar-refractivity contribution is 0.286. The van der Waals surface area contributed by atoms with Gasteiger partial charge in [0.05, 0.1) is 11.7 Å². The largest absolute Gasteiger partial charge is 0.489 e. The van der Waals surface area contributed by atoms with E-state index < -0.39 is 0 Å². The number of rotatable bonds is 1. The Morgan fingerprint density at radius 2 is 2.19 bits per heavy atom. The van der Waals surface area contributed by atoms with Crippen LogP contribution in [-0.2, 0) is 5.41 Å². The molecule has 88 valence electrons. The third kappa shape index (κ3) is 2.14. The van der Waals surface area contributed by atoms with Gasteiger partial charge < -0.3 is 15.8 Å². The van der Waals surface area contributed by atoms with Gasteiger partial charge in [-0.2, -0.15) is 0 Å². The van der Waals surface area contributed by atoms with Crippen LogP contribution in [0.2, 0.25) is 0 Å². The number of fused-ring (bicyclic) bond motifs is 1. The Labute approximate surface area is 97.0 Å². The van der Waals surface area contributed by atoms with Gasteiger partial charge >= 0.3 is 0 Å². The smallest absolute Gasteiger partial charge is 0.142 e. The minimum Gasteiger partial charge on any atom is -0.489 e. The Morgan fingerprint density at radius 1 is 1.44 bits per heavy atom. The molecule has 1 aliphatic heterocycles. The zero-order valence-electron chi connectivity index (χ0n) is 10.2. The number of nitrogens with two attached hydrogens (primary N) is 1. The van der Waals surface area contributed by atoms with Gasteiger partial charge in [0.1, 0.15) is 12.4 Å². The van der Waals surface area contributed by atoms with Crippen molar-refractivity contribution in [1.29, 1.82) is 0 Å². The zero-order valence-corrected chi connectivity index (χ0v) is 10.2. The first-order chi connectivity index (χ1) is 7.50. The lowest BCUT2D eigenvalue weighted by Crippen LogP contribution is -2.37. The molecule has 16 heavy (non-hydrogen) atoms. The molecule has 1 heterocycles. The molecule has 3 nitrogen and oxygen atoms in total. The maximum Gasteiger partial charge on any atom is 0.142 e. The molecule has 0 saturated heterocycles. The van der Waals surface area contributed by atoms with Crippen molar-refractivity contribution >= 4 is 5.69 Å². The Morgan fingerprint density at radius 3 is 2.81 bits per heavy atom. The molecule has 0 fully saturated rings. The minimum atomic E-state index is 0.159. The van der Waals surface area contributed by atoms with Crippen molar-refractivity contribution in [1.82, 2.24) is 0 Å². The van der Waals surface area contributed by atoms with Crippen LogP contribution in [0.3, 0.4) is 0 Å². The van der Waals surface area contributed by atoms with Crippen molar-refractivity contribution in [3.05, 3.63) is 23.8 Å². The molecule has 0 amide bonds. The van der Waals surface area contributed by atoms with E-state index in [4.69, 9.17) is 10.5 Å². The summed E-state index contributed by atoms with van der Waals surface area (Å²) >= 11 is 0. The van der Waals surface area contributed by atoms with Crippen molar-refractivity contribution < 1.29 is 4.74 Å².